The number of nitrogens with zero attached hydrogens (tertiary/aromatic N) is 2. The second kappa shape index (κ2) is 2.84. The van der Waals surface area contributed by atoms with Crippen LogP contribution in [-0.4, -0.2) is 9.55 Å². The Labute approximate surface area is 79.0 Å². The number of aromatic nitrogens is 2. The molecule has 1 fully saturated rings. The summed E-state index contributed by atoms with van der Waals surface area (Å²) in [6.07, 6.45) is 6.50. The van der Waals surface area contributed by atoms with Crippen molar-refractivity contribution in [1.29, 1.82) is 0 Å². The van der Waals surface area contributed by atoms with E-state index in [1.165, 1.54) is 12.8 Å². The normalized spacial score (nSPS) is 17.8. The molecule has 1 aliphatic rings. The monoisotopic (exact) mass is 179 g/mol. The highest BCUT2D eigenvalue weighted by atomic mass is 15.1. The lowest BCUT2D eigenvalue weighted by Crippen LogP contribution is -2.31. The van der Waals surface area contributed by atoms with E-state index in [1.54, 1.807) is 0 Å². The van der Waals surface area contributed by atoms with Crippen molar-refractivity contribution in [3.63, 3.8) is 0 Å². The number of imidazole rings is 1. The number of hydrogen-bond acceptors (Lipinski definition) is 2. The minimum Gasteiger partial charge on any atom is -0.333 e. The summed E-state index contributed by atoms with van der Waals surface area (Å²) < 4.78 is 2.19. The zero-order chi connectivity index (χ0) is 9.47. The van der Waals surface area contributed by atoms with Gasteiger partial charge in [-0.3, -0.25) is 0 Å². The third kappa shape index (κ3) is 1.91. The molecule has 0 aliphatic heterocycles. The van der Waals surface area contributed by atoms with E-state index >= 15 is 0 Å². The SMILES string of the molecule is CC(C)(N)c1cncn1CC1CC1. The highest BCUT2D eigenvalue weighted by Gasteiger charge is 2.25. The molecule has 0 saturated heterocycles. The molecule has 0 amide bonds. The third-order valence-corrected chi connectivity index (χ3v) is 2.52. The first kappa shape index (κ1) is 8.75. The quantitative estimate of drug-likeness (QED) is 0.764. The van der Waals surface area contributed by atoms with E-state index in [2.05, 4.69) is 9.55 Å². The van der Waals surface area contributed by atoms with E-state index in [-0.39, 0.29) is 5.54 Å². The van der Waals surface area contributed by atoms with Gasteiger partial charge in [-0.2, -0.15) is 0 Å². The average Bonchev–Trinajstić information content (AvgIpc) is 2.63. The van der Waals surface area contributed by atoms with Crippen LogP contribution in [0.25, 0.3) is 0 Å². The lowest BCUT2D eigenvalue weighted by molar-refractivity contribution is 0.480. The van der Waals surface area contributed by atoms with Gasteiger partial charge in [0.15, 0.2) is 0 Å². The summed E-state index contributed by atoms with van der Waals surface area (Å²) in [4.78, 5) is 4.15. The molecule has 1 heterocycles. The summed E-state index contributed by atoms with van der Waals surface area (Å²) in [6.45, 7) is 5.14. The fraction of sp³-hybridized carbons (Fsp3) is 0.700. The Balaban J connectivity index is 2.19. The maximum Gasteiger partial charge on any atom is 0.0948 e. The van der Waals surface area contributed by atoms with Crippen molar-refractivity contribution in [2.75, 3.05) is 0 Å². The molecule has 0 spiro atoms. The Morgan fingerprint density at radius 1 is 1.62 bits per heavy atom. The van der Waals surface area contributed by atoms with Crippen LogP contribution in [0.4, 0.5) is 0 Å². The predicted molar refractivity (Wildman–Crippen MR) is 52.2 cm³/mol. The molecule has 1 aliphatic carbocycles. The predicted octanol–water partition coefficient (Wildman–Crippen LogP) is 1.49. The van der Waals surface area contributed by atoms with Crippen LogP contribution in [0.2, 0.25) is 0 Å². The second-order valence-electron chi connectivity index (χ2n) is 4.60. The van der Waals surface area contributed by atoms with Crippen LogP contribution in [0.1, 0.15) is 32.4 Å². The molecule has 0 atom stereocenters. The molecular weight excluding hydrogens is 162 g/mol. The van der Waals surface area contributed by atoms with Crippen LogP contribution in [0.5, 0.6) is 0 Å². The van der Waals surface area contributed by atoms with E-state index < -0.39 is 0 Å². The lowest BCUT2D eigenvalue weighted by atomic mass is 10.0. The fourth-order valence-electron chi connectivity index (χ4n) is 1.58. The van der Waals surface area contributed by atoms with Crippen molar-refractivity contribution >= 4 is 0 Å². The largest absolute Gasteiger partial charge is 0.333 e. The van der Waals surface area contributed by atoms with E-state index in [1.807, 2.05) is 26.4 Å². The first-order chi connectivity index (χ1) is 6.07. The van der Waals surface area contributed by atoms with Gasteiger partial charge in [-0.05, 0) is 32.6 Å². The fourth-order valence-corrected chi connectivity index (χ4v) is 1.58. The van der Waals surface area contributed by atoms with E-state index in [0.717, 1.165) is 18.2 Å². The summed E-state index contributed by atoms with van der Waals surface area (Å²) in [7, 11) is 0. The van der Waals surface area contributed by atoms with Gasteiger partial charge in [-0.1, -0.05) is 0 Å². The Kier molecular flexibility index (Phi) is 1.91. The number of rotatable bonds is 3. The second-order valence-corrected chi connectivity index (χ2v) is 4.60. The Morgan fingerprint density at radius 2 is 2.31 bits per heavy atom. The van der Waals surface area contributed by atoms with Gasteiger partial charge in [0, 0.05) is 12.7 Å². The molecule has 2 rings (SSSR count). The van der Waals surface area contributed by atoms with Gasteiger partial charge in [0.1, 0.15) is 0 Å². The Bertz CT molecular complexity index is 291. The maximum absolute atomic E-state index is 6.04. The van der Waals surface area contributed by atoms with Crippen LogP contribution < -0.4 is 5.73 Å². The first-order valence-corrected chi connectivity index (χ1v) is 4.87. The van der Waals surface area contributed by atoms with Crippen molar-refractivity contribution in [3.8, 4) is 0 Å². The third-order valence-electron chi connectivity index (χ3n) is 2.52. The van der Waals surface area contributed by atoms with Gasteiger partial charge >= 0.3 is 0 Å². The van der Waals surface area contributed by atoms with E-state index in [9.17, 15) is 0 Å². The average molecular weight is 179 g/mol. The molecule has 3 heteroatoms. The Hall–Kier alpha value is -0.830. The summed E-state index contributed by atoms with van der Waals surface area (Å²) in [5.74, 6) is 0.871. The highest BCUT2D eigenvalue weighted by molar-refractivity contribution is 5.10. The summed E-state index contributed by atoms with van der Waals surface area (Å²) in [5.41, 5.74) is 6.90. The maximum atomic E-state index is 6.04. The summed E-state index contributed by atoms with van der Waals surface area (Å²) in [5, 5.41) is 0. The molecule has 3 nitrogen and oxygen atoms in total. The summed E-state index contributed by atoms with van der Waals surface area (Å²) >= 11 is 0. The highest BCUT2D eigenvalue weighted by Crippen LogP contribution is 2.31. The standard InChI is InChI=1S/C10H17N3/c1-10(2,11)9-5-12-7-13(9)6-8-3-4-8/h5,7-8H,3-4,6,11H2,1-2H3. The molecule has 0 aromatic carbocycles. The molecule has 1 aromatic rings. The van der Waals surface area contributed by atoms with Crippen molar-refractivity contribution in [1.82, 2.24) is 9.55 Å². The lowest BCUT2D eigenvalue weighted by Gasteiger charge is -2.20. The Morgan fingerprint density at radius 3 is 2.85 bits per heavy atom. The van der Waals surface area contributed by atoms with Gasteiger partial charge in [0.05, 0.1) is 17.6 Å². The van der Waals surface area contributed by atoms with Crippen molar-refractivity contribution in [3.05, 3.63) is 18.2 Å². The smallest absolute Gasteiger partial charge is 0.0948 e. The topological polar surface area (TPSA) is 43.8 Å². The molecule has 0 bridgehead atoms. The van der Waals surface area contributed by atoms with Crippen LogP contribution >= 0.6 is 0 Å². The van der Waals surface area contributed by atoms with Crippen LogP contribution in [-0.2, 0) is 12.1 Å². The molecule has 1 saturated carbocycles. The van der Waals surface area contributed by atoms with Crippen molar-refractivity contribution < 1.29 is 0 Å². The van der Waals surface area contributed by atoms with Gasteiger partial charge in [-0.15, -0.1) is 0 Å². The zero-order valence-corrected chi connectivity index (χ0v) is 8.33. The first-order valence-electron chi connectivity index (χ1n) is 4.87. The minimum absolute atomic E-state index is 0.272. The van der Waals surface area contributed by atoms with Crippen LogP contribution in [0.15, 0.2) is 12.5 Å². The molecule has 13 heavy (non-hydrogen) atoms. The van der Waals surface area contributed by atoms with Crippen LogP contribution in [0.3, 0.4) is 0 Å². The number of nitrogens with two attached hydrogens (primary N) is 1. The van der Waals surface area contributed by atoms with E-state index in [0.29, 0.717) is 0 Å². The van der Waals surface area contributed by atoms with Gasteiger partial charge in [0.2, 0.25) is 0 Å². The van der Waals surface area contributed by atoms with Crippen molar-refractivity contribution in [2.45, 2.75) is 38.8 Å². The molecule has 72 valence electrons. The van der Waals surface area contributed by atoms with E-state index in [4.69, 9.17) is 5.73 Å². The summed E-state index contributed by atoms with van der Waals surface area (Å²) in [6, 6.07) is 0. The van der Waals surface area contributed by atoms with Crippen LogP contribution in [0, 0.1) is 5.92 Å². The van der Waals surface area contributed by atoms with Crippen molar-refractivity contribution in [2.24, 2.45) is 11.7 Å². The minimum atomic E-state index is -0.272. The molecular formula is C10H17N3. The molecule has 0 unspecified atom stereocenters. The van der Waals surface area contributed by atoms with Gasteiger partial charge < -0.3 is 10.3 Å². The molecule has 2 N–H and O–H groups in total. The van der Waals surface area contributed by atoms with Gasteiger partial charge in [0.25, 0.3) is 0 Å². The zero-order valence-electron chi connectivity index (χ0n) is 8.33. The van der Waals surface area contributed by atoms with Gasteiger partial charge in [-0.25, -0.2) is 4.98 Å². The molecule has 0 radical (unpaired) electrons. The molecule has 1 aromatic heterocycles. The number of hydrogen-bond donors (Lipinski definition) is 1.